The van der Waals surface area contributed by atoms with E-state index < -0.39 is 36.1 Å². The second kappa shape index (κ2) is 33.2. The number of piperazine rings is 2. The minimum Gasteiger partial charge on any atom is -0.497 e. The minimum absolute atomic E-state index is 0.269. The number of carbonyl (C=O) groups is 2. The van der Waals surface area contributed by atoms with Gasteiger partial charge in [-0.2, -0.15) is 0 Å². The molecule has 95 heavy (non-hydrogen) atoms. The molecule has 25 heteroatoms. The first-order chi connectivity index (χ1) is 45.0. The fraction of sp³-hybridized carbons (Fsp3) is 0.400. The number of nitrogens with one attached hydrogen (secondary N) is 3. The second-order valence-electron chi connectivity index (χ2n) is 24.9. The number of aromatic nitrogens is 2. The predicted octanol–water partition coefficient (Wildman–Crippen LogP) is 17.3. The zero-order chi connectivity index (χ0) is 68.7. The van der Waals surface area contributed by atoms with E-state index >= 15 is 0 Å². The van der Waals surface area contributed by atoms with Crippen LogP contribution in [0.3, 0.4) is 0 Å². The number of rotatable bonds is 19. The maximum atomic E-state index is 12.8. The van der Waals surface area contributed by atoms with Crippen molar-refractivity contribution in [1.82, 2.24) is 39.8 Å². The maximum absolute atomic E-state index is 12.8. The van der Waals surface area contributed by atoms with Crippen LogP contribution in [0.15, 0.2) is 134 Å². The van der Waals surface area contributed by atoms with Crippen LogP contribution < -0.4 is 30.2 Å². The van der Waals surface area contributed by atoms with E-state index in [1.165, 1.54) is 24.3 Å². The van der Waals surface area contributed by atoms with E-state index in [9.17, 15) is 35.9 Å². The second-order valence-corrected chi connectivity index (χ2v) is 26.5. The van der Waals surface area contributed by atoms with Crippen LogP contribution in [0.25, 0.3) is 44.1 Å². The maximum Gasteiger partial charge on any atom is 0.573 e. The average Bonchev–Trinajstić information content (AvgIpc) is 1.64. The van der Waals surface area contributed by atoms with Crippen LogP contribution in [0, 0.1) is 0 Å². The van der Waals surface area contributed by atoms with Crippen LogP contribution in [0.5, 0.6) is 17.2 Å². The monoisotopic (exact) mass is 1400 g/mol. The first-order valence-electron chi connectivity index (χ1n) is 31.1. The molecule has 10 rings (SSSR count). The lowest BCUT2D eigenvalue weighted by Gasteiger charge is -2.35. The number of fused-ring (bicyclic) bond motifs is 2. The number of methoxy groups -OCH3 is 1. The number of nitrogens with zero attached hydrogens (tertiary/aromatic N) is 5. The highest BCUT2D eigenvalue weighted by Gasteiger charge is 2.32. The first-order valence-corrected chi connectivity index (χ1v) is 32.7. The molecule has 0 bridgehead atoms. The Balaban J connectivity index is 0.000000207. The van der Waals surface area contributed by atoms with Gasteiger partial charge in [0.05, 0.1) is 7.11 Å². The molecule has 15 nitrogen and oxygen atoms in total. The Hall–Kier alpha value is -7.08. The molecule has 2 saturated heterocycles. The molecular formula is C70H80Cl4F6N8O7. The Morgan fingerprint density at radius 3 is 1.27 bits per heavy atom. The molecule has 2 aromatic heterocycles. The van der Waals surface area contributed by atoms with E-state index in [4.69, 9.17) is 60.6 Å². The molecule has 0 aliphatic carbocycles. The first kappa shape index (κ1) is 73.7. The average molecular weight is 1400 g/mol. The van der Waals surface area contributed by atoms with Gasteiger partial charge >= 0.3 is 24.9 Å². The summed E-state index contributed by atoms with van der Waals surface area (Å²) in [5.74, 6) is 0.126. The number of ether oxygens (including phenoxy) is 5. The summed E-state index contributed by atoms with van der Waals surface area (Å²) in [6.45, 7) is 23.0. The summed E-state index contributed by atoms with van der Waals surface area (Å²) in [6.07, 6.45) is -5.15. The summed E-state index contributed by atoms with van der Waals surface area (Å²) in [6, 6.07) is 35.0. The summed E-state index contributed by atoms with van der Waals surface area (Å²) in [5, 5.41) is 13.6. The molecule has 0 radical (unpaired) electrons. The molecule has 0 spiro atoms. The van der Waals surface area contributed by atoms with Crippen molar-refractivity contribution in [3.05, 3.63) is 171 Å². The van der Waals surface area contributed by atoms with E-state index in [0.717, 1.165) is 136 Å². The lowest BCUT2D eigenvalue weighted by molar-refractivity contribution is -0.275. The Bertz CT molecular complexity index is 3780. The van der Waals surface area contributed by atoms with Crippen LogP contribution in [-0.4, -0.2) is 133 Å². The zero-order valence-corrected chi connectivity index (χ0v) is 57.1. The Labute approximate surface area is 570 Å². The smallest absolute Gasteiger partial charge is 0.497 e. The molecule has 0 saturated carbocycles. The van der Waals surface area contributed by atoms with E-state index in [1.807, 2.05) is 92.3 Å². The van der Waals surface area contributed by atoms with Gasteiger partial charge in [-0.1, -0.05) is 88.9 Å². The quantitative estimate of drug-likeness (QED) is 0.0527. The molecule has 2 amide bonds. The van der Waals surface area contributed by atoms with Gasteiger partial charge in [0.1, 0.15) is 28.5 Å². The van der Waals surface area contributed by atoms with E-state index in [1.54, 1.807) is 52.1 Å². The number of amides is 2. The molecule has 3 N–H and O–H groups in total. The molecule has 2 aliphatic heterocycles. The Morgan fingerprint density at radius 1 is 0.495 bits per heavy atom. The largest absolute Gasteiger partial charge is 0.573 e. The normalized spacial score (nSPS) is 14.3. The number of hydrogen-bond donors (Lipinski definition) is 3. The summed E-state index contributed by atoms with van der Waals surface area (Å²) >= 11 is 25.0. The van der Waals surface area contributed by atoms with Gasteiger partial charge in [0.15, 0.2) is 0 Å². The van der Waals surface area contributed by atoms with Gasteiger partial charge in [0, 0.05) is 175 Å². The van der Waals surface area contributed by atoms with Crippen molar-refractivity contribution in [2.75, 3.05) is 72.6 Å². The SMILES string of the molecule is CC(C)(C)OC(=O)NCCCn1cc(-c2ccc(OC(F)(F)F)cc2)c2cc(CN3CCN(Cc4c(Cl)cccc4Cl)CC3)ccc21.COc1ccc2c(c1)c(-c1ccc(OC(F)(F)F)cc1)cn2CCCNC(=O)OC(C)(C)C.Clc1cccc(Cl)c1CN1CCNCC1. The number of alkyl carbamates (subject to hydrolysis) is 2. The molecule has 0 unspecified atom stereocenters. The molecule has 0 atom stereocenters. The molecule has 512 valence electrons. The lowest BCUT2D eigenvalue weighted by atomic mass is 10.0. The van der Waals surface area contributed by atoms with Gasteiger partial charge in [0.2, 0.25) is 0 Å². The molecule has 2 fully saturated rings. The van der Waals surface area contributed by atoms with Gasteiger partial charge in [-0.25, -0.2) is 9.59 Å². The highest BCUT2D eigenvalue weighted by molar-refractivity contribution is 6.36. The van der Waals surface area contributed by atoms with E-state index in [2.05, 4.69) is 62.9 Å². The Morgan fingerprint density at radius 2 is 0.874 bits per heavy atom. The third-order valence-corrected chi connectivity index (χ3v) is 16.7. The number of aryl methyl sites for hydroxylation is 2. The third-order valence-electron chi connectivity index (χ3n) is 15.3. The third kappa shape index (κ3) is 23.0. The fourth-order valence-electron chi connectivity index (χ4n) is 10.9. The van der Waals surface area contributed by atoms with E-state index in [-0.39, 0.29) is 11.5 Å². The van der Waals surface area contributed by atoms with Gasteiger partial charge < -0.3 is 48.8 Å². The standard InChI is InChI=1S/C35H39Cl2F3N4O3.C24H27F3N2O4.C11H14Cl2N2/c1-34(2,3)47-33(45)41-14-5-15-44-23-28(25-9-11-26(12-10-25)46-35(38,39)40)27-20-24(8-13-32(27)44)21-42-16-18-43(19-17-42)22-29-30(36)6-4-7-31(29)37;1-23(2,3)33-22(30)28-12-5-13-29-15-20(19-14-18(31-4)10-11-21(19)29)16-6-8-17(9-7-16)32-24(25,26)27;12-10-2-1-3-11(13)9(10)8-15-6-4-14-5-7-15/h4,6-13,20,23H,5,14-19,21-22H2,1-3H3,(H,41,45);6-11,14-15H,5,12-13H2,1-4H3,(H,28,30);1-3,14H,4-8H2. The molecule has 8 aromatic rings. The topological polar surface area (TPSA) is 136 Å². The highest BCUT2D eigenvalue weighted by Crippen LogP contribution is 2.37. The fourth-order valence-corrected chi connectivity index (χ4v) is 11.9. The van der Waals surface area contributed by atoms with Crippen LogP contribution in [0.2, 0.25) is 20.1 Å². The zero-order valence-electron chi connectivity index (χ0n) is 54.1. The number of carbonyl (C=O) groups excluding carboxylic acids is 2. The van der Waals surface area contributed by atoms with Crippen LogP contribution in [0.1, 0.15) is 71.1 Å². The molecule has 6 aromatic carbocycles. The van der Waals surface area contributed by atoms with Gasteiger partial charge in [-0.15, -0.1) is 26.3 Å². The van der Waals surface area contributed by atoms with Gasteiger partial charge in [-0.05, 0) is 150 Å². The van der Waals surface area contributed by atoms with Crippen molar-refractivity contribution in [1.29, 1.82) is 0 Å². The van der Waals surface area contributed by atoms with Gasteiger partial charge in [0.25, 0.3) is 0 Å². The number of halogens is 10. The molecular weight excluding hydrogens is 1320 g/mol. The van der Waals surface area contributed by atoms with Crippen LogP contribution in [-0.2, 0) is 42.2 Å². The summed E-state index contributed by atoms with van der Waals surface area (Å²) in [4.78, 5) is 31.0. The number of alkyl halides is 6. The summed E-state index contributed by atoms with van der Waals surface area (Å²) in [5.41, 5.74) is 7.21. The summed E-state index contributed by atoms with van der Waals surface area (Å²) in [7, 11) is 1.57. The Kier molecular flexibility index (Phi) is 25.8. The van der Waals surface area contributed by atoms with E-state index in [0.29, 0.717) is 61.4 Å². The van der Waals surface area contributed by atoms with Crippen LogP contribution >= 0.6 is 46.4 Å². The van der Waals surface area contributed by atoms with Gasteiger partial charge in [-0.3, -0.25) is 14.7 Å². The lowest BCUT2D eigenvalue weighted by Crippen LogP contribution is -2.45. The number of hydrogen-bond acceptors (Lipinski definition) is 11. The van der Waals surface area contributed by atoms with Crippen molar-refractivity contribution in [2.45, 2.75) is 111 Å². The summed E-state index contributed by atoms with van der Waals surface area (Å²) < 4.78 is 104. The van der Waals surface area contributed by atoms with Crippen molar-refractivity contribution in [3.63, 3.8) is 0 Å². The van der Waals surface area contributed by atoms with Crippen molar-refractivity contribution in [2.24, 2.45) is 0 Å². The van der Waals surface area contributed by atoms with Crippen molar-refractivity contribution >= 4 is 80.4 Å². The predicted molar refractivity (Wildman–Crippen MR) is 364 cm³/mol. The van der Waals surface area contributed by atoms with Crippen molar-refractivity contribution in [3.8, 4) is 39.5 Å². The highest BCUT2D eigenvalue weighted by atomic mass is 35.5. The van der Waals surface area contributed by atoms with Crippen molar-refractivity contribution < 1.29 is 59.6 Å². The van der Waals surface area contributed by atoms with Crippen LogP contribution in [0.4, 0.5) is 35.9 Å². The minimum atomic E-state index is -4.76. The molecule has 2 aliphatic rings. The molecule has 4 heterocycles. The number of benzene rings is 6.